The molecule has 0 radical (unpaired) electrons. The number of imide groups is 2. The summed E-state index contributed by atoms with van der Waals surface area (Å²) in [5.41, 5.74) is 2.76. The van der Waals surface area contributed by atoms with E-state index < -0.39 is 17.8 Å². The molecule has 5 rings (SSSR count). The van der Waals surface area contributed by atoms with E-state index in [0.29, 0.717) is 17.2 Å². The smallest absolute Gasteiger partial charge is 0.335 e. The molecule has 0 spiro atoms. The molecule has 0 aliphatic carbocycles. The average Bonchev–Trinajstić information content (AvgIpc) is 3.40. The fourth-order valence-electron chi connectivity index (χ4n) is 3.52. The van der Waals surface area contributed by atoms with E-state index in [2.05, 4.69) is 5.32 Å². The minimum Gasteiger partial charge on any atom is -0.454 e. The van der Waals surface area contributed by atoms with Gasteiger partial charge in [0.05, 0.1) is 5.69 Å². The lowest BCUT2D eigenvalue weighted by atomic mass is 10.1. The van der Waals surface area contributed by atoms with Gasteiger partial charge in [-0.15, -0.1) is 0 Å². The molecule has 4 amide bonds. The maximum Gasteiger partial charge on any atom is 0.335 e. The highest BCUT2D eigenvalue weighted by molar-refractivity contribution is 6.39. The van der Waals surface area contributed by atoms with Gasteiger partial charge >= 0.3 is 6.03 Å². The SMILES string of the molecule is Cc1ccc(-n2cccc2/C=C2\C(=O)NC(=O)N(c3ccc4c(c3)OCO4)C2=O)cc1. The summed E-state index contributed by atoms with van der Waals surface area (Å²) in [6.45, 7) is 2.06. The van der Waals surface area contributed by atoms with Gasteiger partial charge in [-0.2, -0.15) is 0 Å². The lowest BCUT2D eigenvalue weighted by Crippen LogP contribution is -2.54. The molecule has 154 valence electrons. The van der Waals surface area contributed by atoms with Gasteiger partial charge in [0.2, 0.25) is 6.79 Å². The van der Waals surface area contributed by atoms with Crippen LogP contribution in [0, 0.1) is 6.92 Å². The Bertz CT molecular complexity index is 1260. The third-order valence-corrected chi connectivity index (χ3v) is 5.10. The van der Waals surface area contributed by atoms with Crippen LogP contribution in [0.2, 0.25) is 0 Å². The van der Waals surface area contributed by atoms with Gasteiger partial charge in [0.15, 0.2) is 11.5 Å². The van der Waals surface area contributed by atoms with Gasteiger partial charge in [-0.1, -0.05) is 17.7 Å². The first-order valence-corrected chi connectivity index (χ1v) is 9.57. The second-order valence-electron chi connectivity index (χ2n) is 7.13. The fourth-order valence-corrected chi connectivity index (χ4v) is 3.52. The van der Waals surface area contributed by atoms with Crippen molar-refractivity contribution in [1.82, 2.24) is 9.88 Å². The number of carbonyl (C=O) groups excluding carboxylic acids is 3. The number of nitrogens with zero attached hydrogens (tertiary/aromatic N) is 2. The van der Waals surface area contributed by atoms with Crippen molar-refractivity contribution in [2.45, 2.75) is 6.92 Å². The summed E-state index contributed by atoms with van der Waals surface area (Å²) in [7, 11) is 0. The maximum absolute atomic E-state index is 13.2. The quantitative estimate of drug-likeness (QED) is 0.524. The van der Waals surface area contributed by atoms with Crippen LogP contribution in [0.15, 0.2) is 66.4 Å². The number of barbiturate groups is 1. The summed E-state index contributed by atoms with van der Waals surface area (Å²) < 4.78 is 12.5. The van der Waals surface area contributed by atoms with Gasteiger partial charge < -0.3 is 14.0 Å². The molecule has 8 heteroatoms. The van der Waals surface area contributed by atoms with Crippen LogP contribution in [0.25, 0.3) is 11.8 Å². The van der Waals surface area contributed by atoms with Gasteiger partial charge in [0.25, 0.3) is 11.8 Å². The number of ether oxygens (including phenoxy) is 2. The van der Waals surface area contributed by atoms with Crippen molar-refractivity contribution in [2.75, 3.05) is 11.7 Å². The number of hydrogen-bond donors (Lipinski definition) is 1. The summed E-state index contributed by atoms with van der Waals surface area (Å²) in [5.74, 6) is -0.516. The Balaban J connectivity index is 1.53. The highest BCUT2D eigenvalue weighted by atomic mass is 16.7. The molecule has 0 unspecified atom stereocenters. The van der Waals surface area contributed by atoms with Crippen LogP contribution in [0.5, 0.6) is 11.5 Å². The second-order valence-corrected chi connectivity index (χ2v) is 7.13. The Hall–Kier alpha value is -4.33. The molecule has 0 bridgehead atoms. The van der Waals surface area contributed by atoms with E-state index in [0.717, 1.165) is 16.2 Å². The highest BCUT2D eigenvalue weighted by Crippen LogP contribution is 2.36. The molecule has 0 saturated carbocycles. The normalized spacial score (nSPS) is 16.7. The molecule has 3 heterocycles. The zero-order valence-corrected chi connectivity index (χ0v) is 16.5. The lowest BCUT2D eigenvalue weighted by molar-refractivity contribution is -0.122. The number of aryl methyl sites for hydroxylation is 1. The maximum atomic E-state index is 13.2. The third kappa shape index (κ3) is 3.24. The van der Waals surface area contributed by atoms with E-state index >= 15 is 0 Å². The van der Waals surface area contributed by atoms with Crippen molar-refractivity contribution >= 4 is 29.6 Å². The van der Waals surface area contributed by atoms with E-state index in [-0.39, 0.29) is 18.1 Å². The van der Waals surface area contributed by atoms with Crippen molar-refractivity contribution < 1.29 is 23.9 Å². The number of benzene rings is 2. The molecule has 1 fully saturated rings. The van der Waals surface area contributed by atoms with Crippen molar-refractivity contribution in [2.24, 2.45) is 0 Å². The third-order valence-electron chi connectivity index (χ3n) is 5.10. The fraction of sp³-hybridized carbons (Fsp3) is 0.0870. The molecule has 1 saturated heterocycles. The van der Waals surface area contributed by atoms with Crippen LogP contribution in [0.3, 0.4) is 0 Å². The van der Waals surface area contributed by atoms with E-state index in [1.54, 1.807) is 18.2 Å². The number of amides is 4. The summed E-state index contributed by atoms with van der Waals surface area (Å²) in [6, 6.07) is 15.3. The van der Waals surface area contributed by atoms with Gasteiger partial charge in [-0.05, 0) is 49.4 Å². The first-order chi connectivity index (χ1) is 15.0. The molecule has 2 aliphatic heterocycles. The molecule has 31 heavy (non-hydrogen) atoms. The van der Waals surface area contributed by atoms with E-state index in [9.17, 15) is 14.4 Å². The molecule has 2 aromatic carbocycles. The Labute approximate surface area is 177 Å². The number of anilines is 1. The van der Waals surface area contributed by atoms with E-state index in [1.807, 2.05) is 48.0 Å². The van der Waals surface area contributed by atoms with Crippen molar-refractivity contribution in [3.63, 3.8) is 0 Å². The van der Waals surface area contributed by atoms with E-state index in [1.165, 1.54) is 12.1 Å². The van der Waals surface area contributed by atoms with Crippen LogP contribution in [-0.2, 0) is 9.59 Å². The number of rotatable bonds is 3. The summed E-state index contributed by atoms with van der Waals surface area (Å²) in [5, 5.41) is 2.23. The monoisotopic (exact) mass is 415 g/mol. The second kappa shape index (κ2) is 7.17. The number of urea groups is 1. The van der Waals surface area contributed by atoms with Crippen LogP contribution in [-0.4, -0.2) is 29.2 Å². The summed E-state index contributed by atoms with van der Waals surface area (Å²) in [4.78, 5) is 39.0. The average molecular weight is 415 g/mol. The lowest BCUT2D eigenvalue weighted by Gasteiger charge is -2.26. The first kappa shape index (κ1) is 18.7. The number of fused-ring (bicyclic) bond motifs is 1. The Kier molecular flexibility index (Phi) is 4.32. The molecule has 8 nitrogen and oxygen atoms in total. The molecule has 1 aromatic heterocycles. The number of carbonyl (C=O) groups is 3. The Morgan fingerprint density at radius 3 is 2.48 bits per heavy atom. The van der Waals surface area contributed by atoms with Crippen LogP contribution < -0.4 is 19.7 Å². The number of aromatic nitrogens is 1. The summed E-state index contributed by atoms with van der Waals surface area (Å²) >= 11 is 0. The van der Waals surface area contributed by atoms with Crippen molar-refractivity contribution in [3.8, 4) is 17.2 Å². The number of hydrogen-bond acceptors (Lipinski definition) is 5. The first-order valence-electron chi connectivity index (χ1n) is 9.57. The molecular formula is C23H17N3O5. The Morgan fingerprint density at radius 2 is 1.68 bits per heavy atom. The van der Waals surface area contributed by atoms with Gasteiger partial charge in [-0.25, -0.2) is 9.69 Å². The van der Waals surface area contributed by atoms with Crippen molar-refractivity contribution in [1.29, 1.82) is 0 Å². The van der Waals surface area contributed by atoms with Gasteiger partial charge in [-0.3, -0.25) is 14.9 Å². The van der Waals surface area contributed by atoms with Crippen LogP contribution >= 0.6 is 0 Å². The molecule has 1 N–H and O–H groups in total. The zero-order chi connectivity index (χ0) is 21.5. The van der Waals surface area contributed by atoms with Crippen molar-refractivity contribution in [3.05, 3.63) is 77.6 Å². The Morgan fingerprint density at radius 1 is 0.935 bits per heavy atom. The topological polar surface area (TPSA) is 89.9 Å². The van der Waals surface area contributed by atoms with Gasteiger partial charge in [0, 0.05) is 23.6 Å². The largest absolute Gasteiger partial charge is 0.454 e. The predicted octanol–water partition coefficient (Wildman–Crippen LogP) is 3.18. The minimum atomic E-state index is -0.820. The standard InChI is InChI=1S/C23H17N3O5/c1-14-4-6-15(7-5-14)25-10-2-3-16(25)11-18-21(27)24-23(29)26(22(18)28)17-8-9-19-20(12-17)31-13-30-19/h2-12H,13H2,1H3,(H,24,27,29)/b18-11+. The highest BCUT2D eigenvalue weighted by Gasteiger charge is 2.37. The van der Waals surface area contributed by atoms with E-state index in [4.69, 9.17) is 9.47 Å². The van der Waals surface area contributed by atoms with Gasteiger partial charge in [0.1, 0.15) is 5.57 Å². The molecule has 0 atom stereocenters. The number of nitrogens with one attached hydrogen (secondary N) is 1. The molecular weight excluding hydrogens is 398 g/mol. The van der Waals surface area contributed by atoms with Crippen LogP contribution in [0.4, 0.5) is 10.5 Å². The van der Waals surface area contributed by atoms with Crippen LogP contribution in [0.1, 0.15) is 11.3 Å². The minimum absolute atomic E-state index is 0.0680. The summed E-state index contributed by atoms with van der Waals surface area (Å²) in [6.07, 6.45) is 3.31. The zero-order valence-electron chi connectivity index (χ0n) is 16.5. The molecule has 2 aliphatic rings. The predicted molar refractivity (Wildman–Crippen MR) is 112 cm³/mol. The molecule has 3 aromatic rings.